The summed E-state index contributed by atoms with van der Waals surface area (Å²) in [6.45, 7) is 2.82. The lowest BCUT2D eigenvalue weighted by Gasteiger charge is -2.38. The van der Waals surface area contributed by atoms with Gasteiger partial charge in [0, 0.05) is 12.6 Å². The van der Waals surface area contributed by atoms with Crippen LogP contribution in [0.4, 0.5) is 11.4 Å². The second kappa shape index (κ2) is 6.64. The summed E-state index contributed by atoms with van der Waals surface area (Å²) in [7, 11) is 0. The molecule has 1 fully saturated rings. The SMILES string of the molecule is CC1CCC(N(CCC(=O)O)c2ccccc2N)CC1. The van der Waals surface area contributed by atoms with Crippen LogP contribution in [0.3, 0.4) is 0 Å². The van der Waals surface area contributed by atoms with Crippen LogP contribution in [0.5, 0.6) is 0 Å². The monoisotopic (exact) mass is 276 g/mol. The maximum atomic E-state index is 10.9. The first kappa shape index (κ1) is 14.7. The van der Waals surface area contributed by atoms with E-state index in [4.69, 9.17) is 10.8 Å². The van der Waals surface area contributed by atoms with E-state index in [1.807, 2.05) is 24.3 Å². The highest BCUT2D eigenvalue weighted by molar-refractivity contribution is 5.71. The number of nitrogens with zero attached hydrogens (tertiary/aromatic N) is 1. The van der Waals surface area contributed by atoms with Crippen molar-refractivity contribution in [3.05, 3.63) is 24.3 Å². The van der Waals surface area contributed by atoms with E-state index in [0.717, 1.165) is 30.1 Å². The minimum absolute atomic E-state index is 0.153. The zero-order chi connectivity index (χ0) is 14.5. The van der Waals surface area contributed by atoms with E-state index >= 15 is 0 Å². The van der Waals surface area contributed by atoms with Gasteiger partial charge in [0.05, 0.1) is 17.8 Å². The Morgan fingerprint density at radius 3 is 2.55 bits per heavy atom. The van der Waals surface area contributed by atoms with Gasteiger partial charge in [0.25, 0.3) is 0 Å². The van der Waals surface area contributed by atoms with Crippen molar-refractivity contribution < 1.29 is 9.90 Å². The van der Waals surface area contributed by atoms with E-state index in [0.29, 0.717) is 12.6 Å². The third-order valence-corrected chi connectivity index (χ3v) is 4.24. The minimum atomic E-state index is -0.756. The normalized spacial score (nSPS) is 22.4. The summed E-state index contributed by atoms with van der Waals surface area (Å²) in [5, 5.41) is 8.96. The molecule has 1 aromatic rings. The van der Waals surface area contributed by atoms with Crippen LogP contribution in [0.2, 0.25) is 0 Å². The summed E-state index contributed by atoms with van der Waals surface area (Å²) >= 11 is 0. The Morgan fingerprint density at radius 2 is 1.95 bits per heavy atom. The molecule has 1 aliphatic rings. The Morgan fingerprint density at radius 1 is 1.30 bits per heavy atom. The van der Waals surface area contributed by atoms with Gasteiger partial charge in [0.1, 0.15) is 0 Å². The summed E-state index contributed by atoms with van der Waals surface area (Å²) in [5.41, 5.74) is 7.79. The fraction of sp³-hybridized carbons (Fsp3) is 0.562. The second-order valence-corrected chi connectivity index (χ2v) is 5.81. The number of carboxylic acid groups (broad SMARTS) is 1. The van der Waals surface area contributed by atoms with Gasteiger partial charge in [0.15, 0.2) is 0 Å². The molecule has 3 N–H and O–H groups in total. The number of hydrogen-bond acceptors (Lipinski definition) is 3. The minimum Gasteiger partial charge on any atom is -0.481 e. The van der Waals surface area contributed by atoms with Gasteiger partial charge in [0.2, 0.25) is 0 Å². The fourth-order valence-corrected chi connectivity index (χ4v) is 3.02. The van der Waals surface area contributed by atoms with E-state index in [1.54, 1.807) is 0 Å². The first-order chi connectivity index (χ1) is 9.58. The highest BCUT2D eigenvalue weighted by atomic mass is 16.4. The summed E-state index contributed by atoms with van der Waals surface area (Å²) in [6, 6.07) is 8.17. The summed E-state index contributed by atoms with van der Waals surface area (Å²) in [4.78, 5) is 13.1. The maximum Gasteiger partial charge on any atom is 0.305 e. The van der Waals surface area contributed by atoms with Gasteiger partial charge in [-0.05, 0) is 43.7 Å². The molecule has 20 heavy (non-hydrogen) atoms. The number of rotatable bonds is 5. The molecule has 0 unspecified atom stereocenters. The predicted molar refractivity (Wildman–Crippen MR) is 81.9 cm³/mol. The number of nitrogens with two attached hydrogens (primary N) is 1. The van der Waals surface area contributed by atoms with Crippen LogP contribution in [-0.2, 0) is 4.79 Å². The van der Waals surface area contributed by atoms with Crippen molar-refractivity contribution in [2.24, 2.45) is 5.92 Å². The number of benzene rings is 1. The number of carbonyl (C=O) groups is 1. The first-order valence-electron chi connectivity index (χ1n) is 7.41. The number of anilines is 2. The number of aliphatic carboxylic acids is 1. The Bertz CT molecular complexity index is 454. The van der Waals surface area contributed by atoms with Crippen LogP contribution in [0.1, 0.15) is 39.0 Å². The van der Waals surface area contributed by atoms with Crippen molar-refractivity contribution in [1.82, 2.24) is 0 Å². The average molecular weight is 276 g/mol. The number of carboxylic acids is 1. The molecule has 4 heteroatoms. The molecule has 0 atom stereocenters. The van der Waals surface area contributed by atoms with Gasteiger partial charge in [-0.1, -0.05) is 19.1 Å². The van der Waals surface area contributed by atoms with E-state index in [9.17, 15) is 4.79 Å². The van der Waals surface area contributed by atoms with Gasteiger partial charge in [-0.2, -0.15) is 0 Å². The third-order valence-electron chi connectivity index (χ3n) is 4.24. The van der Waals surface area contributed by atoms with Crippen molar-refractivity contribution in [3.8, 4) is 0 Å². The average Bonchev–Trinajstić information content (AvgIpc) is 2.42. The molecule has 0 spiro atoms. The molecule has 1 aliphatic carbocycles. The van der Waals surface area contributed by atoms with Crippen LogP contribution in [0.15, 0.2) is 24.3 Å². The van der Waals surface area contributed by atoms with Crippen LogP contribution >= 0.6 is 0 Å². The zero-order valence-corrected chi connectivity index (χ0v) is 12.1. The van der Waals surface area contributed by atoms with Gasteiger partial charge >= 0.3 is 5.97 Å². The quantitative estimate of drug-likeness (QED) is 0.811. The predicted octanol–water partition coefficient (Wildman–Crippen LogP) is 3.13. The van der Waals surface area contributed by atoms with Gasteiger partial charge < -0.3 is 15.7 Å². The van der Waals surface area contributed by atoms with Crippen LogP contribution in [0.25, 0.3) is 0 Å². The zero-order valence-electron chi connectivity index (χ0n) is 12.1. The lowest BCUT2D eigenvalue weighted by atomic mass is 9.86. The lowest BCUT2D eigenvalue weighted by Crippen LogP contribution is -2.39. The lowest BCUT2D eigenvalue weighted by molar-refractivity contribution is -0.136. The van der Waals surface area contributed by atoms with Crippen LogP contribution in [0, 0.1) is 5.92 Å². The van der Waals surface area contributed by atoms with Crippen molar-refractivity contribution >= 4 is 17.3 Å². The summed E-state index contributed by atoms with van der Waals surface area (Å²) in [6.07, 6.45) is 4.81. The topological polar surface area (TPSA) is 66.6 Å². The van der Waals surface area contributed by atoms with Crippen molar-refractivity contribution in [2.45, 2.75) is 45.1 Å². The molecule has 0 saturated heterocycles. The molecule has 0 aliphatic heterocycles. The highest BCUT2D eigenvalue weighted by Gasteiger charge is 2.25. The van der Waals surface area contributed by atoms with E-state index in [1.165, 1.54) is 12.8 Å². The third kappa shape index (κ3) is 3.65. The molecule has 1 aromatic carbocycles. The highest BCUT2D eigenvalue weighted by Crippen LogP contribution is 2.32. The number of para-hydroxylation sites is 2. The summed E-state index contributed by atoms with van der Waals surface area (Å²) < 4.78 is 0. The first-order valence-corrected chi connectivity index (χ1v) is 7.41. The number of hydrogen-bond donors (Lipinski definition) is 2. The van der Waals surface area contributed by atoms with Crippen molar-refractivity contribution in [2.75, 3.05) is 17.2 Å². The second-order valence-electron chi connectivity index (χ2n) is 5.81. The van der Waals surface area contributed by atoms with Crippen LogP contribution in [-0.4, -0.2) is 23.7 Å². The molecule has 4 nitrogen and oxygen atoms in total. The number of nitrogen functional groups attached to an aromatic ring is 1. The fourth-order valence-electron chi connectivity index (χ4n) is 3.02. The molecular formula is C16H24N2O2. The van der Waals surface area contributed by atoms with Gasteiger partial charge in [-0.3, -0.25) is 4.79 Å². The molecule has 0 heterocycles. The molecule has 1 saturated carbocycles. The Hall–Kier alpha value is -1.71. The van der Waals surface area contributed by atoms with Crippen molar-refractivity contribution in [3.63, 3.8) is 0 Å². The van der Waals surface area contributed by atoms with E-state index < -0.39 is 5.97 Å². The smallest absolute Gasteiger partial charge is 0.305 e. The molecule has 0 radical (unpaired) electrons. The van der Waals surface area contributed by atoms with Gasteiger partial charge in [-0.25, -0.2) is 0 Å². The Kier molecular flexibility index (Phi) is 4.88. The summed E-state index contributed by atoms with van der Waals surface area (Å²) in [5.74, 6) is 0.0226. The largest absolute Gasteiger partial charge is 0.481 e. The van der Waals surface area contributed by atoms with E-state index in [-0.39, 0.29) is 6.42 Å². The van der Waals surface area contributed by atoms with Crippen LogP contribution < -0.4 is 10.6 Å². The molecule has 0 aromatic heterocycles. The molecule has 2 rings (SSSR count). The standard InChI is InChI=1S/C16H24N2O2/c1-12-6-8-13(9-7-12)18(11-10-16(19)20)15-5-3-2-4-14(15)17/h2-5,12-13H,6-11,17H2,1H3,(H,19,20). The Labute approximate surface area is 120 Å². The van der Waals surface area contributed by atoms with E-state index in [2.05, 4.69) is 11.8 Å². The van der Waals surface area contributed by atoms with Gasteiger partial charge in [-0.15, -0.1) is 0 Å². The Balaban J connectivity index is 2.16. The van der Waals surface area contributed by atoms with Crippen molar-refractivity contribution in [1.29, 1.82) is 0 Å². The molecule has 0 bridgehead atoms. The molecule has 0 amide bonds. The molecular weight excluding hydrogens is 252 g/mol. The molecule has 110 valence electrons. The maximum absolute atomic E-state index is 10.9.